The van der Waals surface area contributed by atoms with Gasteiger partial charge in [0.05, 0.1) is 17.0 Å². The molecule has 2 aromatic heterocycles. The molecule has 0 fully saturated rings. The van der Waals surface area contributed by atoms with E-state index >= 15 is 0 Å². The summed E-state index contributed by atoms with van der Waals surface area (Å²) in [4.78, 5) is 16.3. The first-order valence-corrected chi connectivity index (χ1v) is 8.50. The second-order valence-corrected chi connectivity index (χ2v) is 8.53. The van der Waals surface area contributed by atoms with Crippen molar-refractivity contribution in [1.29, 1.82) is 0 Å². The topological polar surface area (TPSA) is 90.1 Å². The van der Waals surface area contributed by atoms with Crippen molar-refractivity contribution in [3.05, 3.63) is 40.8 Å². The number of sulfonamides is 1. The molecule has 2 heterocycles. The summed E-state index contributed by atoms with van der Waals surface area (Å²) in [5, 5.41) is 4.18. The van der Waals surface area contributed by atoms with Gasteiger partial charge in [0.1, 0.15) is 12.2 Å². The van der Waals surface area contributed by atoms with Gasteiger partial charge in [0, 0.05) is 26.4 Å². The zero-order valence-electron chi connectivity index (χ0n) is 13.9. The van der Waals surface area contributed by atoms with Gasteiger partial charge in [-0.05, 0) is 26.8 Å². The van der Waals surface area contributed by atoms with E-state index in [9.17, 15) is 13.2 Å². The molecule has 0 aliphatic heterocycles. The van der Waals surface area contributed by atoms with E-state index in [1.165, 1.54) is 43.3 Å². The van der Waals surface area contributed by atoms with Gasteiger partial charge in [-0.3, -0.25) is 4.79 Å². The van der Waals surface area contributed by atoms with E-state index in [0.29, 0.717) is 5.82 Å². The molecule has 8 nitrogen and oxygen atoms in total. The fourth-order valence-electron chi connectivity index (χ4n) is 2.08. The first-order valence-electron chi connectivity index (χ1n) is 7.06. The Bertz CT molecular complexity index is 859. The van der Waals surface area contributed by atoms with Gasteiger partial charge in [-0.15, -0.1) is 0 Å². The van der Waals surface area contributed by atoms with Crippen LogP contribution in [-0.2, 0) is 22.1 Å². The fourth-order valence-corrected chi connectivity index (χ4v) is 3.00. The number of aromatic nitrogens is 4. The molecule has 0 aliphatic rings. The highest BCUT2D eigenvalue weighted by molar-refractivity contribution is 7.89. The van der Waals surface area contributed by atoms with E-state index in [0.717, 1.165) is 4.31 Å². The highest BCUT2D eigenvalue weighted by atomic mass is 32.2. The summed E-state index contributed by atoms with van der Waals surface area (Å²) in [6.07, 6.45) is 2.76. The Balaban J connectivity index is 2.47. The van der Waals surface area contributed by atoms with Crippen LogP contribution in [0.5, 0.6) is 0 Å². The first kappa shape index (κ1) is 17.4. The van der Waals surface area contributed by atoms with Crippen LogP contribution in [0, 0.1) is 0 Å². The van der Waals surface area contributed by atoms with Gasteiger partial charge in [-0.1, -0.05) is 0 Å². The Kier molecular flexibility index (Phi) is 4.45. The van der Waals surface area contributed by atoms with Gasteiger partial charge in [0.15, 0.2) is 0 Å². The lowest BCUT2D eigenvalue weighted by molar-refractivity contribution is 0.338. The van der Waals surface area contributed by atoms with Crippen molar-refractivity contribution in [1.82, 2.24) is 23.6 Å². The maximum absolute atomic E-state index is 12.2. The molecule has 2 aromatic rings. The quantitative estimate of drug-likeness (QED) is 0.809. The normalized spacial score (nSPS) is 12.8. The molecule has 0 atom stereocenters. The standard InChI is InChI=1S/C14H21N5O3S/c1-14(2,3)19-12(15-10-16-19)9-18-8-11(6-7-13(18)20)23(21,22)17(4)5/h6-8,10H,9H2,1-5H3. The fraction of sp³-hybridized carbons (Fsp3) is 0.500. The Morgan fingerprint density at radius 3 is 2.43 bits per heavy atom. The lowest BCUT2D eigenvalue weighted by Crippen LogP contribution is -2.29. The van der Waals surface area contributed by atoms with Gasteiger partial charge < -0.3 is 4.57 Å². The third-order valence-corrected chi connectivity index (χ3v) is 5.10. The molecule has 9 heteroatoms. The van der Waals surface area contributed by atoms with Crippen molar-refractivity contribution in [2.24, 2.45) is 0 Å². The predicted molar refractivity (Wildman–Crippen MR) is 85.7 cm³/mol. The molecular weight excluding hydrogens is 318 g/mol. The van der Waals surface area contributed by atoms with Crippen LogP contribution >= 0.6 is 0 Å². The lowest BCUT2D eigenvalue weighted by atomic mass is 10.1. The number of nitrogens with zero attached hydrogens (tertiary/aromatic N) is 5. The number of pyridine rings is 1. The molecule has 23 heavy (non-hydrogen) atoms. The molecule has 0 saturated heterocycles. The third kappa shape index (κ3) is 3.50. The van der Waals surface area contributed by atoms with E-state index in [-0.39, 0.29) is 22.5 Å². The average Bonchev–Trinajstić information content (AvgIpc) is 2.89. The van der Waals surface area contributed by atoms with Crippen molar-refractivity contribution in [2.75, 3.05) is 14.1 Å². The maximum atomic E-state index is 12.2. The summed E-state index contributed by atoms with van der Waals surface area (Å²) in [6.45, 7) is 6.07. The van der Waals surface area contributed by atoms with Crippen molar-refractivity contribution in [3.8, 4) is 0 Å². The minimum atomic E-state index is -3.60. The largest absolute Gasteiger partial charge is 0.307 e. The number of hydrogen-bond donors (Lipinski definition) is 0. The molecule has 0 amide bonds. The Labute approximate surface area is 135 Å². The van der Waals surface area contributed by atoms with Gasteiger partial charge in [0.2, 0.25) is 10.0 Å². The summed E-state index contributed by atoms with van der Waals surface area (Å²) in [5.41, 5.74) is -0.589. The van der Waals surface area contributed by atoms with Gasteiger partial charge in [-0.2, -0.15) is 5.10 Å². The second kappa shape index (κ2) is 5.89. The molecule has 0 N–H and O–H groups in total. The molecule has 0 aliphatic carbocycles. The Morgan fingerprint density at radius 2 is 1.87 bits per heavy atom. The minimum Gasteiger partial charge on any atom is -0.307 e. The Morgan fingerprint density at radius 1 is 1.22 bits per heavy atom. The summed E-state index contributed by atoms with van der Waals surface area (Å²) in [7, 11) is -0.712. The third-order valence-electron chi connectivity index (χ3n) is 3.30. The average molecular weight is 339 g/mol. The van der Waals surface area contributed by atoms with E-state index < -0.39 is 10.0 Å². The van der Waals surface area contributed by atoms with Crippen molar-refractivity contribution < 1.29 is 8.42 Å². The number of rotatable bonds is 4. The minimum absolute atomic E-state index is 0.0592. The van der Waals surface area contributed by atoms with Crippen LogP contribution < -0.4 is 5.56 Å². The van der Waals surface area contributed by atoms with Crippen LogP contribution in [0.2, 0.25) is 0 Å². The zero-order valence-corrected chi connectivity index (χ0v) is 14.7. The van der Waals surface area contributed by atoms with Gasteiger partial charge in [0.25, 0.3) is 5.56 Å². The van der Waals surface area contributed by atoms with E-state index in [2.05, 4.69) is 10.1 Å². The second-order valence-electron chi connectivity index (χ2n) is 6.38. The molecule has 0 unspecified atom stereocenters. The van der Waals surface area contributed by atoms with Crippen LogP contribution in [0.3, 0.4) is 0 Å². The van der Waals surface area contributed by atoms with Crippen LogP contribution in [0.25, 0.3) is 0 Å². The van der Waals surface area contributed by atoms with Crippen LogP contribution in [0.1, 0.15) is 26.6 Å². The molecule has 0 spiro atoms. The van der Waals surface area contributed by atoms with Crippen molar-refractivity contribution in [3.63, 3.8) is 0 Å². The van der Waals surface area contributed by atoms with Gasteiger partial charge in [-0.25, -0.2) is 22.4 Å². The highest BCUT2D eigenvalue weighted by Gasteiger charge is 2.21. The molecule has 126 valence electrons. The molecule has 0 bridgehead atoms. The van der Waals surface area contributed by atoms with E-state index in [1.807, 2.05) is 20.8 Å². The first-order chi connectivity index (χ1) is 10.5. The molecule has 0 aromatic carbocycles. The van der Waals surface area contributed by atoms with Crippen LogP contribution in [0.15, 0.2) is 34.3 Å². The SMILES string of the molecule is CN(C)S(=O)(=O)c1ccc(=O)n(Cc2ncnn2C(C)(C)C)c1. The Hall–Kier alpha value is -2.00. The number of hydrogen-bond acceptors (Lipinski definition) is 5. The van der Waals surface area contributed by atoms with Gasteiger partial charge >= 0.3 is 0 Å². The lowest BCUT2D eigenvalue weighted by Gasteiger charge is -2.21. The van der Waals surface area contributed by atoms with Crippen LogP contribution in [-0.4, -0.2) is 46.1 Å². The zero-order chi connectivity index (χ0) is 17.4. The summed E-state index contributed by atoms with van der Waals surface area (Å²) < 4.78 is 28.5. The molecule has 0 saturated carbocycles. The molecule has 2 rings (SSSR count). The van der Waals surface area contributed by atoms with Crippen molar-refractivity contribution >= 4 is 10.0 Å². The van der Waals surface area contributed by atoms with E-state index in [1.54, 1.807) is 4.68 Å². The predicted octanol–water partition coefficient (Wildman–Crippen LogP) is 0.493. The highest BCUT2D eigenvalue weighted by Crippen LogP contribution is 2.15. The monoisotopic (exact) mass is 339 g/mol. The summed E-state index contributed by atoms with van der Waals surface area (Å²) in [5.74, 6) is 0.582. The summed E-state index contributed by atoms with van der Waals surface area (Å²) in [6, 6.07) is 2.55. The maximum Gasteiger partial charge on any atom is 0.251 e. The smallest absolute Gasteiger partial charge is 0.251 e. The summed E-state index contributed by atoms with van der Waals surface area (Å²) >= 11 is 0. The molecule has 0 radical (unpaired) electrons. The van der Waals surface area contributed by atoms with Crippen molar-refractivity contribution in [2.45, 2.75) is 37.8 Å². The van der Waals surface area contributed by atoms with E-state index in [4.69, 9.17) is 0 Å². The molecular formula is C14H21N5O3S. The van der Waals surface area contributed by atoms with Crippen LogP contribution in [0.4, 0.5) is 0 Å².